The summed E-state index contributed by atoms with van der Waals surface area (Å²) in [6.07, 6.45) is 1.47. The molecule has 2 aromatic heterocycles. The van der Waals surface area contributed by atoms with E-state index in [9.17, 15) is 9.59 Å². The van der Waals surface area contributed by atoms with Crippen LogP contribution in [0.25, 0.3) is 11.6 Å². The number of methoxy groups -OCH3 is 1. The number of rotatable bonds is 4. The number of aromatic nitrogens is 3. The summed E-state index contributed by atoms with van der Waals surface area (Å²) >= 11 is 0. The number of benzene rings is 1. The van der Waals surface area contributed by atoms with Crippen LogP contribution in [-0.4, -0.2) is 33.7 Å². The van der Waals surface area contributed by atoms with Gasteiger partial charge in [0.15, 0.2) is 5.76 Å². The molecule has 9 heteroatoms. The number of nitrogens with zero attached hydrogens (tertiary/aromatic N) is 3. The van der Waals surface area contributed by atoms with Gasteiger partial charge in [0.25, 0.3) is 0 Å². The minimum absolute atomic E-state index is 0.0332. The fraction of sp³-hybridized carbons (Fsp3) is 0.176. The van der Waals surface area contributed by atoms with Gasteiger partial charge in [-0.2, -0.15) is 0 Å². The number of hydrogen-bond acceptors (Lipinski definition) is 6. The topological polar surface area (TPSA) is 111 Å². The Hall–Kier alpha value is -3.62. The second-order valence-electron chi connectivity index (χ2n) is 5.68. The molecule has 1 atom stereocenters. The van der Waals surface area contributed by atoms with E-state index in [1.807, 2.05) is 0 Å². The zero-order chi connectivity index (χ0) is 18.1. The van der Waals surface area contributed by atoms with Crippen LogP contribution < -0.4 is 15.4 Å². The highest BCUT2D eigenvalue weighted by molar-refractivity contribution is 6.01. The summed E-state index contributed by atoms with van der Waals surface area (Å²) in [7, 11) is 1.55. The average molecular weight is 353 g/mol. The van der Waals surface area contributed by atoms with Gasteiger partial charge in [0, 0.05) is 11.8 Å². The number of fused-ring (bicyclic) bond motifs is 1. The van der Waals surface area contributed by atoms with Crippen LogP contribution in [0.15, 0.2) is 47.1 Å². The number of ether oxygens (including phenoxy) is 1. The van der Waals surface area contributed by atoms with E-state index in [-0.39, 0.29) is 24.2 Å². The molecule has 26 heavy (non-hydrogen) atoms. The van der Waals surface area contributed by atoms with E-state index in [1.165, 1.54) is 6.26 Å². The highest BCUT2D eigenvalue weighted by atomic mass is 16.5. The molecule has 2 amide bonds. The number of hydrogen-bond donors (Lipinski definition) is 2. The van der Waals surface area contributed by atoms with Gasteiger partial charge in [-0.15, -0.1) is 10.2 Å². The maximum Gasteiger partial charge on any atom is 0.248 e. The van der Waals surface area contributed by atoms with Gasteiger partial charge in [-0.05, 0) is 24.3 Å². The molecule has 0 aliphatic carbocycles. The Bertz CT molecular complexity index is 963. The summed E-state index contributed by atoms with van der Waals surface area (Å²) in [5.74, 6) is 0.988. The van der Waals surface area contributed by atoms with E-state index >= 15 is 0 Å². The summed E-state index contributed by atoms with van der Waals surface area (Å²) in [6, 6.07) is 9.59. The highest BCUT2D eigenvalue weighted by Crippen LogP contribution is 2.31. The van der Waals surface area contributed by atoms with Crippen LogP contribution in [0.3, 0.4) is 0 Å². The second-order valence-corrected chi connectivity index (χ2v) is 5.68. The van der Waals surface area contributed by atoms with Crippen molar-refractivity contribution in [3.05, 3.63) is 42.7 Å². The molecule has 0 saturated heterocycles. The maximum atomic E-state index is 12.9. The van der Waals surface area contributed by atoms with Crippen molar-refractivity contribution < 1.29 is 18.7 Å². The van der Waals surface area contributed by atoms with E-state index in [0.717, 1.165) is 0 Å². The lowest BCUT2D eigenvalue weighted by Gasteiger charge is -2.24. The molecule has 9 nitrogen and oxygen atoms in total. The highest BCUT2D eigenvalue weighted by Gasteiger charge is 2.35. The van der Waals surface area contributed by atoms with E-state index in [4.69, 9.17) is 9.15 Å². The summed E-state index contributed by atoms with van der Waals surface area (Å²) < 4.78 is 12.1. The smallest absolute Gasteiger partial charge is 0.248 e. The van der Waals surface area contributed by atoms with E-state index < -0.39 is 6.04 Å². The van der Waals surface area contributed by atoms with Crippen molar-refractivity contribution in [2.45, 2.75) is 12.5 Å². The first kappa shape index (κ1) is 15.9. The molecule has 1 aromatic carbocycles. The molecular weight excluding hydrogens is 338 g/mol. The van der Waals surface area contributed by atoms with Gasteiger partial charge in [-0.3, -0.25) is 19.5 Å². The third-order valence-electron chi connectivity index (χ3n) is 4.02. The molecule has 0 bridgehead atoms. The Labute approximate surface area is 148 Å². The average Bonchev–Trinajstić information content (AvgIpc) is 3.30. The molecule has 132 valence electrons. The van der Waals surface area contributed by atoms with Gasteiger partial charge in [0.1, 0.15) is 11.8 Å². The predicted molar refractivity (Wildman–Crippen MR) is 91.6 cm³/mol. The first-order chi connectivity index (χ1) is 12.7. The van der Waals surface area contributed by atoms with Crippen LogP contribution in [0.1, 0.15) is 12.5 Å². The van der Waals surface area contributed by atoms with Crippen LogP contribution in [0.2, 0.25) is 0 Å². The molecule has 0 radical (unpaired) electrons. The van der Waals surface area contributed by atoms with Gasteiger partial charge < -0.3 is 14.5 Å². The summed E-state index contributed by atoms with van der Waals surface area (Å²) in [5.41, 5.74) is 0.564. The monoisotopic (exact) mass is 353 g/mol. The van der Waals surface area contributed by atoms with Crippen molar-refractivity contribution in [2.24, 2.45) is 0 Å². The SMILES string of the molecule is COc1cccc(NC(=O)[C@@H]2CC(=O)Nc3nnc(-c4ccco4)n32)c1. The van der Waals surface area contributed by atoms with Gasteiger partial charge in [-0.1, -0.05) is 6.07 Å². The normalized spacial score (nSPS) is 15.9. The molecule has 3 heterocycles. The lowest BCUT2D eigenvalue weighted by molar-refractivity contribution is -0.125. The van der Waals surface area contributed by atoms with Crippen LogP contribution in [-0.2, 0) is 9.59 Å². The number of nitrogens with one attached hydrogen (secondary N) is 2. The van der Waals surface area contributed by atoms with Crippen LogP contribution in [0.4, 0.5) is 11.6 Å². The maximum absolute atomic E-state index is 12.9. The fourth-order valence-corrected chi connectivity index (χ4v) is 2.82. The standard InChI is InChI=1S/C17H15N5O4/c1-25-11-5-2-4-10(8-11)18-16(24)12-9-14(23)19-17-21-20-15(22(12)17)13-6-3-7-26-13/h2-8,12H,9H2,1H3,(H,18,24)(H,19,21,23)/t12-/m0/s1. The lowest BCUT2D eigenvalue weighted by atomic mass is 10.1. The molecule has 1 aliphatic rings. The molecule has 1 aliphatic heterocycles. The van der Waals surface area contributed by atoms with E-state index in [2.05, 4.69) is 20.8 Å². The van der Waals surface area contributed by atoms with E-state index in [1.54, 1.807) is 48.1 Å². The zero-order valence-electron chi connectivity index (χ0n) is 13.8. The van der Waals surface area contributed by atoms with Crippen LogP contribution >= 0.6 is 0 Å². The van der Waals surface area contributed by atoms with Gasteiger partial charge in [-0.25, -0.2) is 0 Å². The van der Waals surface area contributed by atoms with E-state index in [0.29, 0.717) is 23.0 Å². The minimum atomic E-state index is -0.806. The summed E-state index contributed by atoms with van der Waals surface area (Å²) in [4.78, 5) is 24.8. The van der Waals surface area contributed by atoms with Crippen molar-refractivity contribution in [1.29, 1.82) is 0 Å². The third kappa shape index (κ3) is 2.79. The minimum Gasteiger partial charge on any atom is -0.497 e. The Morgan fingerprint density at radius 2 is 2.23 bits per heavy atom. The molecule has 3 aromatic rings. The van der Waals surface area contributed by atoms with Crippen molar-refractivity contribution in [1.82, 2.24) is 14.8 Å². The Morgan fingerprint density at radius 1 is 1.35 bits per heavy atom. The first-order valence-electron chi connectivity index (χ1n) is 7.89. The second kappa shape index (κ2) is 6.36. The number of carbonyl (C=O) groups is 2. The molecule has 0 unspecified atom stereocenters. The third-order valence-corrected chi connectivity index (χ3v) is 4.02. The summed E-state index contributed by atoms with van der Waals surface area (Å²) in [6.45, 7) is 0. The largest absolute Gasteiger partial charge is 0.497 e. The van der Waals surface area contributed by atoms with Crippen molar-refractivity contribution in [3.63, 3.8) is 0 Å². The number of anilines is 2. The number of furan rings is 1. The Morgan fingerprint density at radius 3 is 3.00 bits per heavy atom. The fourth-order valence-electron chi connectivity index (χ4n) is 2.82. The van der Waals surface area contributed by atoms with Crippen LogP contribution in [0.5, 0.6) is 5.75 Å². The number of amides is 2. The Kier molecular flexibility index (Phi) is 3.88. The summed E-state index contributed by atoms with van der Waals surface area (Å²) in [5, 5.41) is 13.4. The van der Waals surface area contributed by atoms with Crippen molar-refractivity contribution >= 4 is 23.5 Å². The van der Waals surface area contributed by atoms with Gasteiger partial charge >= 0.3 is 0 Å². The number of carbonyl (C=O) groups excluding carboxylic acids is 2. The quantitative estimate of drug-likeness (QED) is 0.743. The molecule has 0 saturated carbocycles. The van der Waals surface area contributed by atoms with Crippen molar-refractivity contribution in [3.8, 4) is 17.3 Å². The van der Waals surface area contributed by atoms with Crippen LogP contribution in [0, 0.1) is 0 Å². The lowest BCUT2D eigenvalue weighted by Crippen LogP contribution is -2.35. The van der Waals surface area contributed by atoms with Gasteiger partial charge in [0.05, 0.1) is 19.8 Å². The molecule has 0 fully saturated rings. The molecule has 4 rings (SSSR count). The Balaban J connectivity index is 1.67. The molecule has 0 spiro atoms. The predicted octanol–water partition coefficient (Wildman–Crippen LogP) is 2.07. The molecule has 2 N–H and O–H groups in total. The zero-order valence-corrected chi connectivity index (χ0v) is 13.8. The van der Waals surface area contributed by atoms with Crippen molar-refractivity contribution in [2.75, 3.05) is 17.7 Å². The van der Waals surface area contributed by atoms with Gasteiger partial charge in [0.2, 0.25) is 23.6 Å². The first-order valence-corrected chi connectivity index (χ1v) is 7.89. The molecular formula is C17H15N5O4.